The number of hydrogen-bond donors (Lipinski definition) is 3. The van der Waals surface area contributed by atoms with E-state index in [9.17, 15) is 14.3 Å². The Hall–Kier alpha value is -1.92. The molecule has 22 heavy (non-hydrogen) atoms. The van der Waals surface area contributed by atoms with E-state index < -0.39 is 5.60 Å². The summed E-state index contributed by atoms with van der Waals surface area (Å²) in [5.74, 6) is -0.273. The minimum atomic E-state index is -1.08. The summed E-state index contributed by atoms with van der Waals surface area (Å²) >= 11 is 1.45. The monoisotopic (exact) mass is 322 g/mol. The molecule has 1 aromatic carbocycles. The average Bonchev–Trinajstić information content (AvgIpc) is 3.02. The predicted octanol–water partition coefficient (Wildman–Crippen LogP) is 2.64. The molecule has 6 heteroatoms. The number of carbonyl (C=O) groups excluding carboxylic acids is 1. The highest BCUT2D eigenvalue weighted by Gasteiger charge is 2.24. The molecule has 0 radical (unpaired) electrons. The largest absolute Gasteiger partial charge is 0.383 e. The van der Waals surface area contributed by atoms with E-state index >= 15 is 0 Å². The van der Waals surface area contributed by atoms with Crippen molar-refractivity contribution in [1.29, 1.82) is 0 Å². The maximum Gasteiger partial charge on any atom is 0.314 e. The summed E-state index contributed by atoms with van der Waals surface area (Å²) in [7, 11) is 0. The molecular weight excluding hydrogens is 303 g/mol. The maximum atomic E-state index is 12.8. The fraction of sp³-hybridized carbons (Fsp3) is 0.312. The molecule has 1 heterocycles. The van der Waals surface area contributed by atoms with Gasteiger partial charge in [-0.1, -0.05) is 18.2 Å². The van der Waals surface area contributed by atoms with E-state index in [1.54, 1.807) is 19.1 Å². The van der Waals surface area contributed by atoms with Crippen LogP contribution in [0.15, 0.2) is 41.8 Å². The molecule has 0 spiro atoms. The van der Waals surface area contributed by atoms with Crippen LogP contribution in [0.5, 0.6) is 0 Å². The molecule has 0 saturated carbocycles. The van der Waals surface area contributed by atoms with Crippen molar-refractivity contribution in [2.75, 3.05) is 13.1 Å². The molecule has 0 aliphatic carbocycles. The molecule has 4 nitrogen and oxygen atoms in total. The Bertz CT molecular complexity index is 597. The molecule has 0 saturated heterocycles. The Balaban J connectivity index is 1.71. The molecule has 0 aliphatic rings. The van der Waals surface area contributed by atoms with Gasteiger partial charge in [-0.2, -0.15) is 0 Å². The number of nitrogens with one attached hydrogen (secondary N) is 2. The summed E-state index contributed by atoms with van der Waals surface area (Å²) in [6.07, 6.45) is 0.620. The Labute approximate surface area is 133 Å². The van der Waals surface area contributed by atoms with Crippen LogP contribution in [0.25, 0.3) is 0 Å². The average molecular weight is 322 g/mol. The smallest absolute Gasteiger partial charge is 0.314 e. The number of aliphatic hydroxyl groups is 1. The fourth-order valence-corrected chi connectivity index (χ4v) is 2.75. The first kappa shape index (κ1) is 16.5. The maximum absolute atomic E-state index is 12.8. The van der Waals surface area contributed by atoms with Gasteiger partial charge in [-0.25, -0.2) is 9.18 Å². The number of carbonyl (C=O) groups is 1. The lowest BCUT2D eigenvalue weighted by atomic mass is 10.1. The fourth-order valence-electron chi connectivity index (χ4n) is 1.96. The van der Waals surface area contributed by atoms with Crippen LogP contribution in [-0.2, 0) is 12.0 Å². The third kappa shape index (κ3) is 4.82. The number of benzene rings is 1. The number of halogens is 1. The number of amides is 2. The highest BCUT2D eigenvalue weighted by atomic mass is 32.1. The SMILES string of the molecule is CC(O)(CNC(=O)NCCc1ccc(F)cc1)c1cccs1. The van der Waals surface area contributed by atoms with Gasteiger partial charge >= 0.3 is 6.03 Å². The zero-order valence-electron chi connectivity index (χ0n) is 12.3. The number of hydrogen-bond acceptors (Lipinski definition) is 3. The standard InChI is InChI=1S/C16H19FN2O2S/c1-16(21,14-3-2-10-22-14)11-19-15(20)18-9-8-12-4-6-13(17)7-5-12/h2-7,10,21H,8-9,11H2,1H3,(H2,18,19,20). The van der Waals surface area contributed by atoms with Gasteiger partial charge < -0.3 is 15.7 Å². The minimum absolute atomic E-state index is 0.135. The van der Waals surface area contributed by atoms with E-state index in [-0.39, 0.29) is 18.4 Å². The van der Waals surface area contributed by atoms with Gasteiger partial charge in [0.05, 0.1) is 6.54 Å². The molecule has 1 atom stereocenters. The van der Waals surface area contributed by atoms with Crippen molar-refractivity contribution >= 4 is 17.4 Å². The molecule has 3 N–H and O–H groups in total. The molecule has 1 aromatic heterocycles. The Morgan fingerprint density at radius 1 is 1.27 bits per heavy atom. The highest BCUT2D eigenvalue weighted by molar-refractivity contribution is 7.10. The Morgan fingerprint density at radius 2 is 2.00 bits per heavy atom. The number of rotatable bonds is 6. The Kier molecular flexibility index (Phi) is 5.51. The Morgan fingerprint density at radius 3 is 2.64 bits per heavy atom. The molecular formula is C16H19FN2O2S. The van der Waals surface area contributed by atoms with Gasteiger partial charge in [0.25, 0.3) is 0 Å². The van der Waals surface area contributed by atoms with E-state index in [0.29, 0.717) is 13.0 Å². The van der Waals surface area contributed by atoms with Crippen LogP contribution < -0.4 is 10.6 Å². The normalized spacial score (nSPS) is 13.4. The van der Waals surface area contributed by atoms with E-state index in [4.69, 9.17) is 0 Å². The second-order valence-corrected chi connectivity index (χ2v) is 6.18. The summed E-state index contributed by atoms with van der Waals surface area (Å²) in [4.78, 5) is 12.5. The van der Waals surface area contributed by atoms with E-state index in [2.05, 4.69) is 10.6 Å². The van der Waals surface area contributed by atoms with Crippen LogP contribution in [0.1, 0.15) is 17.4 Å². The van der Waals surface area contributed by atoms with E-state index in [1.807, 2.05) is 17.5 Å². The second-order valence-electron chi connectivity index (χ2n) is 5.24. The van der Waals surface area contributed by atoms with Gasteiger partial charge in [-0.3, -0.25) is 0 Å². The van der Waals surface area contributed by atoms with Gasteiger partial charge in [0, 0.05) is 11.4 Å². The van der Waals surface area contributed by atoms with Gasteiger partial charge in [0.2, 0.25) is 0 Å². The lowest BCUT2D eigenvalue weighted by Gasteiger charge is -2.22. The van der Waals surface area contributed by atoms with Crippen molar-refractivity contribution in [1.82, 2.24) is 10.6 Å². The number of thiophene rings is 1. The summed E-state index contributed by atoms with van der Waals surface area (Å²) in [6, 6.07) is 9.53. The third-order valence-corrected chi connectivity index (χ3v) is 4.38. The summed E-state index contributed by atoms with van der Waals surface area (Å²) in [5, 5.41) is 17.5. The summed E-state index contributed by atoms with van der Waals surface area (Å²) < 4.78 is 12.8. The molecule has 0 bridgehead atoms. The molecule has 2 amide bonds. The van der Waals surface area contributed by atoms with Gasteiger partial charge in [0.1, 0.15) is 11.4 Å². The molecule has 0 aliphatic heterocycles. The zero-order valence-corrected chi connectivity index (χ0v) is 13.1. The first-order valence-electron chi connectivity index (χ1n) is 7.00. The second kappa shape index (κ2) is 7.38. The summed E-state index contributed by atoms with van der Waals surface area (Å²) in [5.41, 5.74) is -0.130. The molecule has 2 rings (SSSR count). The zero-order chi connectivity index (χ0) is 16.0. The van der Waals surface area contributed by atoms with Crippen molar-refractivity contribution in [3.05, 3.63) is 58.0 Å². The van der Waals surface area contributed by atoms with Crippen molar-refractivity contribution in [2.45, 2.75) is 18.9 Å². The summed E-state index contributed by atoms with van der Waals surface area (Å²) in [6.45, 7) is 2.24. The van der Waals surface area contributed by atoms with Crippen molar-refractivity contribution < 1.29 is 14.3 Å². The first-order chi connectivity index (χ1) is 10.5. The van der Waals surface area contributed by atoms with Gasteiger partial charge in [-0.15, -0.1) is 11.3 Å². The van der Waals surface area contributed by atoms with Gasteiger partial charge in [-0.05, 0) is 42.5 Å². The lowest BCUT2D eigenvalue weighted by molar-refractivity contribution is 0.0631. The van der Waals surface area contributed by atoms with Crippen LogP contribution in [0, 0.1) is 5.82 Å². The minimum Gasteiger partial charge on any atom is -0.383 e. The molecule has 118 valence electrons. The number of urea groups is 1. The molecule has 2 aromatic rings. The van der Waals surface area contributed by atoms with Gasteiger partial charge in [0.15, 0.2) is 0 Å². The third-order valence-electron chi connectivity index (χ3n) is 3.26. The molecule has 0 fully saturated rings. The first-order valence-corrected chi connectivity index (χ1v) is 7.88. The van der Waals surface area contributed by atoms with Crippen LogP contribution in [0.2, 0.25) is 0 Å². The topological polar surface area (TPSA) is 61.4 Å². The van der Waals surface area contributed by atoms with E-state index in [0.717, 1.165) is 10.4 Å². The lowest BCUT2D eigenvalue weighted by Crippen LogP contribution is -2.43. The van der Waals surface area contributed by atoms with Crippen LogP contribution >= 0.6 is 11.3 Å². The predicted molar refractivity (Wildman–Crippen MR) is 85.4 cm³/mol. The molecule has 1 unspecified atom stereocenters. The quantitative estimate of drug-likeness (QED) is 0.765. The van der Waals surface area contributed by atoms with Crippen LogP contribution in [0.4, 0.5) is 9.18 Å². The highest BCUT2D eigenvalue weighted by Crippen LogP contribution is 2.24. The van der Waals surface area contributed by atoms with E-state index in [1.165, 1.54) is 23.5 Å². The van der Waals surface area contributed by atoms with Crippen LogP contribution in [0.3, 0.4) is 0 Å². The van der Waals surface area contributed by atoms with Crippen molar-refractivity contribution in [3.8, 4) is 0 Å². The van der Waals surface area contributed by atoms with Crippen LogP contribution in [-0.4, -0.2) is 24.2 Å². The van der Waals surface area contributed by atoms with Crippen molar-refractivity contribution in [3.63, 3.8) is 0 Å². The van der Waals surface area contributed by atoms with Crippen molar-refractivity contribution in [2.24, 2.45) is 0 Å².